The SMILES string of the molecule is CC(N)C(=O)O.NCCCCC(N)C(=O)O.O=C(O)[C@@H]1CCCN1. The molecule has 0 spiro atoms. The Morgan fingerprint density at radius 3 is 1.92 bits per heavy atom. The zero-order chi connectivity index (χ0) is 19.1. The van der Waals surface area contributed by atoms with Gasteiger partial charge in [0.15, 0.2) is 0 Å². The topological polar surface area (TPSA) is 202 Å². The molecular formula is C14H30N4O6. The molecule has 0 amide bonds. The lowest BCUT2D eigenvalue weighted by Gasteiger charge is -2.03. The van der Waals surface area contributed by atoms with E-state index in [2.05, 4.69) is 5.32 Å². The first kappa shape index (κ1) is 24.5. The molecule has 10 heteroatoms. The molecule has 0 aliphatic carbocycles. The number of hydrogen-bond donors (Lipinski definition) is 7. The summed E-state index contributed by atoms with van der Waals surface area (Å²) in [5, 5.41) is 27.4. The fourth-order valence-electron chi connectivity index (χ4n) is 1.53. The van der Waals surface area contributed by atoms with Crippen LogP contribution in [0.4, 0.5) is 0 Å². The summed E-state index contributed by atoms with van der Waals surface area (Å²) in [5.74, 6) is -2.62. The third-order valence-electron chi connectivity index (χ3n) is 3.03. The van der Waals surface area contributed by atoms with Gasteiger partial charge in [-0.3, -0.25) is 14.4 Å². The van der Waals surface area contributed by atoms with Gasteiger partial charge in [-0.2, -0.15) is 0 Å². The van der Waals surface area contributed by atoms with E-state index < -0.39 is 30.0 Å². The van der Waals surface area contributed by atoms with Gasteiger partial charge < -0.3 is 37.8 Å². The highest BCUT2D eigenvalue weighted by Gasteiger charge is 2.20. The Hall–Kier alpha value is -1.75. The quantitative estimate of drug-likeness (QED) is 0.272. The fourth-order valence-corrected chi connectivity index (χ4v) is 1.53. The van der Waals surface area contributed by atoms with E-state index in [9.17, 15) is 14.4 Å². The zero-order valence-electron chi connectivity index (χ0n) is 14.0. The second-order valence-corrected chi connectivity index (χ2v) is 5.34. The van der Waals surface area contributed by atoms with Crippen molar-refractivity contribution >= 4 is 17.9 Å². The number of carbonyl (C=O) groups is 3. The lowest BCUT2D eigenvalue weighted by Crippen LogP contribution is -2.29. The van der Waals surface area contributed by atoms with Crippen molar-refractivity contribution in [2.45, 2.75) is 57.2 Å². The highest BCUT2D eigenvalue weighted by Crippen LogP contribution is 2.03. The van der Waals surface area contributed by atoms with Gasteiger partial charge in [0, 0.05) is 0 Å². The molecule has 2 unspecified atom stereocenters. The Morgan fingerprint density at radius 2 is 1.67 bits per heavy atom. The van der Waals surface area contributed by atoms with Crippen molar-refractivity contribution in [3.8, 4) is 0 Å². The average Bonchev–Trinajstić information content (AvgIpc) is 3.03. The molecule has 0 saturated carbocycles. The molecule has 1 fully saturated rings. The Kier molecular flexibility index (Phi) is 15.1. The molecule has 142 valence electrons. The van der Waals surface area contributed by atoms with Gasteiger partial charge in [-0.25, -0.2) is 0 Å². The standard InChI is InChI=1S/C6H14N2O2.C5H9NO2.C3H7NO2/c7-4-2-1-3-5(8)6(9)10;7-5(8)4-2-1-3-6-4;1-2(4)3(5)6/h5H,1-4,7-8H2,(H,9,10);4,6H,1-3H2,(H,7,8);2H,4H2,1H3,(H,5,6)/t;4-;/m.0./s1. The molecule has 1 saturated heterocycles. The van der Waals surface area contributed by atoms with Crippen LogP contribution in [0.3, 0.4) is 0 Å². The largest absolute Gasteiger partial charge is 0.480 e. The first-order valence-corrected chi connectivity index (χ1v) is 7.76. The molecule has 0 radical (unpaired) electrons. The molecule has 1 rings (SSSR count). The van der Waals surface area contributed by atoms with Gasteiger partial charge >= 0.3 is 17.9 Å². The van der Waals surface area contributed by atoms with Gasteiger partial charge in [0.2, 0.25) is 0 Å². The van der Waals surface area contributed by atoms with Crippen molar-refractivity contribution in [2.75, 3.05) is 13.1 Å². The Bertz CT molecular complexity index is 372. The molecule has 0 bridgehead atoms. The number of aliphatic carboxylic acids is 3. The van der Waals surface area contributed by atoms with E-state index in [0.717, 1.165) is 32.2 Å². The van der Waals surface area contributed by atoms with Gasteiger partial charge in [0.05, 0.1) is 0 Å². The molecule has 10 nitrogen and oxygen atoms in total. The Labute approximate surface area is 141 Å². The first-order chi connectivity index (χ1) is 11.1. The number of carboxylic acid groups (broad SMARTS) is 3. The molecular weight excluding hydrogens is 320 g/mol. The van der Waals surface area contributed by atoms with Gasteiger partial charge in [-0.05, 0) is 45.7 Å². The van der Waals surface area contributed by atoms with Crippen LogP contribution in [0.15, 0.2) is 0 Å². The summed E-state index contributed by atoms with van der Waals surface area (Å²) in [6.07, 6.45) is 3.95. The summed E-state index contributed by atoms with van der Waals surface area (Å²) in [5.41, 5.74) is 15.3. The Morgan fingerprint density at radius 1 is 1.12 bits per heavy atom. The van der Waals surface area contributed by atoms with E-state index in [1.807, 2.05) is 0 Å². The zero-order valence-corrected chi connectivity index (χ0v) is 14.0. The summed E-state index contributed by atoms with van der Waals surface area (Å²) in [7, 11) is 0. The van der Waals surface area contributed by atoms with Gasteiger partial charge in [-0.1, -0.05) is 6.42 Å². The molecule has 1 aliphatic rings. The Balaban J connectivity index is 0. The van der Waals surface area contributed by atoms with E-state index in [-0.39, 0.29) is 6.04 Å². The van der Waals surface area contributed by atoms with Crippen molar-refractivity contribution < 1.29 is 29.7 Å². The van der Waals surface area contributed by atoms with Crippen molar-refractivity contribution in [2.24, 2.45) is 17.2 Å². The summed E-state index contributed by atoms with van der Waals surface area (Å²) in [4.78, 5) is 29.9. The van der Waals surface area contributed by atoms with Crippen LogP contribution in [-0.4, -0.2) is 64.4 Å². The molecule has 1 aliphatic heterocycles. The maximum Gasteiger partial charge on any atom is 0.320 e. The van der Waals surface area contributed by atoms with Crippen LogP contribution >= 0.6 is 0 Å². The van der Waals surface area contributed by atoms with Gasteiger partial charge in [-0.15, -0.1) is 0 Å². The molecule has 10 N–H and O–H groups in total. The van der Waals surface area contributed by atoms with Crippen LogP contribution in [0, 0.1) is 0 Å². The molecule has 24 heavy (non-hydrogen) atoms. The highest BCUT2D eigenvalue weighted by atomic mass is 16.4. The van der Waals surface area contributed by atoms with E-state index >= 15 is 0 Å². The summed E-state index contributed by atoms with van der Waals surface area (Å²) in [6, 6.07) is -1.72. The van der Waals surface area contributed by atoms with Crippen molar-refractivity contribution in [3.63, 3.8) is 0 Å². The monoisotopic (exact) mass is 350 g/mol. The van der Waals surface area contributed by atoms with Crippen molar-refractivity contribution in [1.29, 1.82) is 0 Å². The van der Waals surface area contributed by atoms with Crippen LogP contribution < -0.4 is 22.5 Å². The summed E-state index contributed by atoms with van der Waals surface area (Å²) in [6.45, 7) is 2.88. The minimum absolute atomic E-state index is 0.269. The van der Waals surface area contributed by atoms with Crippen LogP contribution in [0.2, 0.25) is 0 Å². The summed E-state index contributed by atoms with van der Waals surface area (Å²) < 4.78 is 0. The lowest BCUT2D eigenvalue weighted by atomic mass is 10.1. The number of hydrogen-bond acceptors (Lipinski definition) is 7. The first-order valence-electron chi connectivity index (χ1n) is 7.76. The van der Waals surface area contributed by atoms with E-state index in [4.69, 9.17) is 32.5 Å². The predicted octanol–water partition coefficient (Wildman–Crippen LogP) is -1.23. The highest BCUT2D eigenvalue weighted by molar-refractivity contribution is 5.73. The lowest BCUT2D eigenvalue weighted by molar-refractivity contribution is -0.139. The van der Waals surface area contributed by atoms with Crippen LogP contribution in [0.1, 0.15) is 39.0 Å². The number of carboxylic acids is 3. The third kappa shape index (κ3) is 15.2. The maximum atomic E-state index is 10.1. The smallest absolute Gasteiger partial charge is 0.320 e. The molecule has 1 heterocycles. The van der Waals surface area contributed by atoms with E-state index in [1.54, 1.807) is 0 Å². The molecule has 3 atom stereocenters. The molecule has 0 aromatic heterocycles. The van der Waals surface area contributed by atoms with Crippen molar-refractivity contribution in [1.82, 2.24) is 5.32 Å². The molecule has 0 aromatic rings. The number of rotatable bonds is 7. The van der Waals surface area contributed by atoms with Crippen LogP contribution in [0.5, 0.6) is 0 Å². The minimum atomic E-state index is -0.963. The molecule has 0 aromatic carbocycles. The normalized spacial score (nSPS) is 18.2. The maximum absolute atomic E-state index is 10.1. The number of nitrogens with two attached hydrogens (primary N) is 3. The number of nitrogens with one attached hydrogen (secondary N) is 1. The summed E-state index contributed by atoms with van der Waals surface area (Å²) >= 11 is 0. The predicted molar refractivity (Wildman–Crippen MR) is 88.5 cm³/mol. The van der Waals surface area contributed by atoms with Crippen LogP contribution in [0.25, 0.3) is 0 Å². The van der Waals surface area contributed by atoms with Crippen molar-refractivity contribution in [3.05, 3.63) is 0 Å². The fraction of sp³-hybridized carbons (Fsp3) is 0.786. The second-order valence-electron chi connectivity index (χ2n) is 5.34. The van der Waals surface area contributed by atoms with E-state index in [0.29, 0.717) is 13.0 Å². The second kappa shape index (κ2) is 14.8. The average molecular weight is 350 g/mol. The van der Waals surface area contributed by atoms with Gasteiger partial charge in [0.25, 0.3) is 0 Å². The van der Waals surface area contributed by atoms with E-state index in [1.165, 1.54) is 6.92 Å². The number of unbranched alkanes of at least 4 members (excludes halogenated alkanes) is 1. The third-order valence-corrected chi connectivity index (χ3v) is 3.03. The minimum Gasteiger partial charge on any atom is -0.480 e. The van der Waals surface area contributed by atoms with Gasteiger partial charge in [0.1, 0.15) is 18.1 Å². The van der Waals surface area contributed by atoms with Crippen LogP contribution in [-0.2, 0) is 14.4 Å².